The Morgan fingerprint density at radius 2 is 1.97 bits per heavy atom. The number of anilines is 1. The van der Waals surface area contributed by atoms with Gasteiger partial charge in [-0.3, -0.25) is 9.69 Å². The standard InChI is InChI=1S/C24H26N4O3S/c1-6-30-19-11-9-8-10-17(19)23-28(16(5)29)21-15(4)12-14(3)13-18(21)20-22(31-23)25-24(27-26-20)32-7-2/h8-13,23H,6-7H2,1-5H3. The molecule has 0 fully saturated rings. The van der Waals surface area contributed by atoms with Gasteiger partial charge in [-0.2, -0.15) is 4.98 Å². The first-order valence-electron chi connectivity index (χ1n) is 10.6. The molecule has 8 heteroatoms. The highest BCUT2D eigenvalue weighted by Gasteiger charge is 2.37. The van der Waals surface area contributed by atoms with Gasteiger partial charge in [0.15, 0.2) is 5.69 Å². The van der Waals surface area contributed by atoms with Crippen LogP contribution in [0.25, 0.3) is 11.3 Å². The highest BCUT2D eigenvalue weighted by molar-refractivity contribution is 7.99. The van der Waals surface area contributed by atoms with Crippen molar-refractivity contribution in [1.29, 1.82) is 0 Å². The summed E-state index contributed by atoms with van der Waals surface area (Å²) in [5.74, 6) is 1.66. The van der Waals surface area contributed by atoms with Gasteiger partial charge in [-0.1, -0.05) is 42.4 Å². The van der Waals surface area contributed by atoms with Gasteiger partial charge in [0, 0.05) is 12.5 Å². The number of thioether (sulfide) groups is 1. The van der Waals surface area contributed by atoms with E-state index in [2.05, 4.69) is 15.2 Å². The van der Waals surface area contributed by atoms with Gasteiger partial charge in [0.05, 0.1) is 17.9 Å². The van der Waals surface area contributed by atoms with Gasteiger partial charge >= 0.3 is 0 Å². The van der Waals surface area contributed by atoms with Crippen LogP contribution in [0.1, 0.15) is 43.7 Å². The fourth-order valence-corrected chi connectivity index (χ4v) is 4.48. The van der Waals surface area contributed by atoms with Crippen molar-refractivity contribution in [2.24, 2.45) is 0 Å². The number of para-hydroxylation sites is 1. The van der Waals surface area contributed by atoms with Gasteiger partial charge in [0.1, 0.15) is 5.75 Å². The number of benzene rings is 2. The van der Waals surface area contributed by atoms with Crippen molar-refractivity contribution in [3.05, 3.63) is 53.1 Å². The summed E-state index contributed by atoms with van der Waals surface area (Å²) in [6, 6.07) is 11.7. The topological polar surface area (TPSA) is 77.4 Å². The summed E-state index contributed by atoms with van der Waals surface area (Å²) in [5.41, 5.74) is 4.78. The highest BCUT2D eigenvalue weighted by Crippen LogP contribution is 2.46. The van der Waals surface area contributed by atoms with Crippen LogP contribution in [0.2, 0.25) is 0 Å². The summed E-state index contributed by atoms with van der Waals surface area (Å²) in [7, 11) is 0. The van der Waals surface area contributed by atoms with Crippen LogP contribution >= 0.6 is 11.8 Å². The van der Waals surface area contributed by atoms with E-state index in [9.17, 15) is 4.79 Å². The van der Waals surface area contributed by atoms with E-state index in [4.69, 9.17) is 9.47 Å². The molecule has 32 heavy (non-hydrogen) atoms. The first kappa shape index (κ1) is 22.1. The van der Waals surface area contributed by atoms with Gasteiger partial charge in [-0.05, 0) is 50.3 Å². The molecule has 0 saturated carbocycles. The Morgan fingerprint density at radius 3 is 2.69 bits per heavy atom. The monoisotopic (exact) mass is 450 g/mol. The van der Waals surface area contributed by atoms with Crippen LogP contribution in [0, 0.1) is 13.8 Å². The Hall–Kier alpha value is -3.13. The number of rotatable bonds is 5. The van der Waals surface area contributed by atoms with Crippen LogP contribution in [0.3, 0.4) is 0 Å². The third-order valence-electron chi connectivity index (χ3n) is 5.13. The minimum Gasteiger partial charge on any atom is -0.493 e. The minimum absolute atomic E-state index is 0.154. The molecule has 166 valence electrons. The quantitative estimate of drug-likeness (QED) is 0.500. The molecule has 1 aliphatic rings. The van der Waals surface area contributed by atoms with Gasteiger partial charge in [-0.15, -0.1) is 10.2 Å². The summed E-state index contributed by atoms with van der Waals surface area (Å²) >= 11 is 1.49. The molecule has 1 aromatic heterocycles. The largest absolute Gasteiger partial charge is 0.493 e. The van der Waals surface area contributed by atoms with Crippen LogP contribution in [0.4, 0.5) is 5.69 Å². The van der Waals surface area contributed by atoms with Crippen molar-refractivity contribution in [3.8, 4) is 22.9 Å². The van der Waals surface area contributed by atoms with Crippen LogP contribution in [-0.2, 0) is 4.79 Å². The fourth-order valence-electron chi connectivity index (χ4n) is 3.97. The molecule has 0 aliphatic carbocycles. The Bertz CT molecular complexity index is 1170. The number of amides is 1. The third kappa shape index (κ3) is 4.02. The SMILES string of the molecule is CCOc1ccccc1C1Oc2nc(SCC)nnc2-c2cc(C)cc(C)c2N1C(C)=O. The van der Waals surface area contributed by atoms with E-state index >= 15 is 0 Å². The number of hydrogen-bond donors (Lipinski definition) is 0. The molecule has 1 atom stereocenters. The lowest BCUT2D eigenvalue weighted by molar-refractivity contribution is -0.118. The molecular weight excluding hydrogens is 424 g/mol. The minimum atomic E-state index is -0.771. The Balaban J connectivity index is 2.02. The molecule has 3 aromatic rings. The number of ether oxygens (including phenoxy) is 2. The van der Waals surface area contributed by atoms with E-state index < -0.39 is 6.23 Å². The van der Waals surface area contributed by atoms with Crippen LogP contribution in [0.5, 0.6) is 11.6 Å². The maximum atomic E-state index is 13.1. The van der Waals surface area contributed by atoms with Crippen LogP contribution < -0.4 is 14.4 Å². The molecule has 0 bridgehead atoms. The summed E-state index contributed by atoms with van der Waals surface area (Å²) in [6.45, 7) is 9.99. The number of carbonyl (C=O) groups is 1. The number of aromatic nitrogens is 3. The second kappa shape index (κ2) is 9.16. The van der Waals surface area contributed by atoms with Crippen molar-refractivity contribution in [2.75, 3.05) is 17.3 Å². The van der Waals surface area contributed by atoms with E-state index in [1.54, 1.807) is 4.90 Å². The number of aryl methyl sites for hydroxylation is 2. The summed E-state index contributed by atoms with van der Waals surface area (Å²) < 4.78 is 12.3. The van der Waals surface area contributed by atoms with E-state index in [-0.39, 0.29) is 5.91 Å². The molecule has 0 radical (unpaired) electrons. The molecule has 2 heterocycles. The second-order valence-corrected chi connectivity index (χ2v) is 8.72. The molecule has 1 aliphatic heterocycles. The number of nitrogens with zero attached hydrogens (tertiary/aromatic N) is 4. The number of carbonyl (C=O) groups excluding carboxylic acids is 1. The lowest BCUT2D eigenvalue weighted by Crippen LogP contribution is -2.36. The predicted molar refractivity (Wildman–Crippen MR) is 125 cm³/mol. The molecule has 2 aromatic carbocycles. The third-order valence-corrected chi connectivity index (χ3v) is 5.85. The summed E-state index contributed by atoms with van der Waals surface area (Å²) in [5, 5.41) is 9.30. The van der Waals surface area contributed by atoms with E-state index in [1.807, 2.05) is 64.1 Å². The lowest BCUT2D eigenvalue weighted by Gasteiger charge is -2.32. The average Bonchev–Trinajstić information content (AvgIpc) is 2.89. The second-order valence-electron chi connectivity index (χ2n) is 7.49. The first-order valence-corrected chi connectivity index (χ1v) is 11.6. The van der Waals surface area contributed by atoms with Crippen LogP contribution in [0.15, 0.2) is 41.6 Å². The van der Waals surface area contributed by atoms with E-state index in [0.717, 1.165) is 33.7 Å². The van der Waals surface area contributed by atoms with Gasteiger partial charge in [-0.25, -0.2) is 0 Å². The zero-order valence-corrected chi connectivity index (χ0v) is 19.7. The lowest BCUT2D eigenvalue weighted by atomic mass is 10.00. The molecule has 7 nitrogen and oxygen atoms in total. The normalized spacial score (nSPS) is 14.8. The van der Waals surface area contributed by atoms with E-state index in [0.29, 0.717) is 29.1 Å². The molecule has 0 spiro atoms. The zero-order valence-electron chi connectivity index (χ0n) is 18.9. The average molecular weight is 451 g/mol. The van der Waals surface area contributed by atoms with Gasteiger partial charge < -0.3 is 9.47 Å². The van der Waals surface area contributed by atoms with Crippen molar-refractivity contribution < 1.29 is 14.3 Å². The van der Waals surface area contributed by atoms with E-state index in [1.165, 1.54) is 18.7 Å². The summed E-state index contributed by atoms with van der Waals surface area (Å²) in [6.07, 6.45) is -0.771. The van der Waals surface area contributed by atoms with Crippen LogP contribution in [-0.4, -0.2) is 33.4 Å². The fraction of sp³-hybridized carbons (Fsp3) is 0.333. The summed E-state index contributed by atoms with van der Waals surface area (Å²) in [4.78, 5) is 19.4. The van der Waals surface area contributed by atoms with Crippen molar-refractivity contribution >= 4 is 23.4 Å². The molecule has 0 saturated heterocycles. The molecule has 1 amide bonds. The number of hydrogen-bond acceptors (Lipinski definition) is 7. The van der Waals surface area contributed by atoms with Crippen molar-refractivity contribution in [3.63, 3.8) is 0 Å². The van der Waals surface area contributed by atoms with Gasteiger partial charge in [0.2, 0.25) is 23.2 Å². The maximum absolute atomic E-state index is 13.1. The molecular formula is C24H26N4O3S. The van der Waals surface area contributed by atoms with Crippen molar-refractivity contribution in [2.45, 2.75) is 46.0 Å². The Morgan fingerprint density at radius 1 is 1.19 bits per heavy atom. The van der Waals surface area contributed by atoms with Gasteiger partial charge in [0.25, 0.3) is 0 Å². The highest BCUT2D eigenvalue weighted by atomic mass is 32.2. The molecule has 0 N–H and O–H groups in total. The first-order chi connectivity index (χ1) is 15.4. The number of fused-ring (bicyclic) bond motifs is 3. The van der Waals surface area contributed by atoms with Crippen molar-refractivity contribution in [1.82, 2.24) is 15.2 Å². The Labute approximate surface area is 192 Å². The molecule has 1 unspecified atom stereocenters. The maximum Gasteiger partial charge on any atom is 0.247 e. The predicted octanol–water partition coefficient (Wildman–Crippen LogP) is 5.11. The Kier molecular flexibility index (Phi) is 6.32. The zero-order chi connectivity index (χ0) is 22.8. The molecule has 4 rings (SSSR count). The smallest absolute Gasteiger partial charge is 0.247 e.